The van der Waals surface area contributed by atoms with Gasteiger partial charge in [0.2, 0.25) is 5.91 Å². The summed E-state index contributed by atoms with van der Waals surface area (Å²) < 4.78 is 0. The summed E-state index contributed by atoms with van der Waals surface area (Å²) in [5.74, 6) is 0.119. The van der Waals surface area contributed by atoms with Crippen LogP contribution >= 0.6 is 0 Å². The predicted molar refractivity (Wildman–Crippen MR) is 105 cm³/mol. The van der Waals surface area contributed by atoms with Crippen molar-refractivity contribution in [3.63, 3.8) is 0 Å². The molecule has 0 radical (unpaired) electrons. The maximum absolute atomic E-state index is 12.5. The number of hydrogen-bond acceptors (Lipinski definition) is 3. The number of rotatable bonds is 5. The first kappa shape index (κ1) is 18.7. The summed E-state index contributed by atoms with van der Waals surface area (Å²) in [6.45, 7) is 1.35. The molecule has 0 spiro atoms. The molecule has 1 heterocycles. The zero-order valence-electron chi connectivity index (χ0n) is 15.9. The van der Waals surface area contributed by atoms with Crippen LogP contribution in [-0.2, 0) is 4.79 Å². The lowest BCUT2D eigenvalue weighted by Gasteiger charge is -2.43. The van der Waals surface area contributed by atoms with Crippen molar-refractivity contribution >= 4 is 23.3 Å². The molecule has 2 aliphatic rings. The van der Waals surface area contributed by atoms with E-state index in [4.69, 9.17) is 0 Å². The largest absolute Gasteiger partial charge is 0.336 e. The highest BCUT2D eigenvalue weighted by Crippen LogP contribution is 2.32. The zero-order chi connectivity index (χ0) is 18.6. The van der Waals surface area contributed by atoms with Crippen molar-refractivity contribution < 1.29 is 9.59 Å². The van der Waals surface area contributed by atoms with Crippen LogP contribution in [0.5, 0.6) is 0 Å². The van der Waals surface area contributed by atoms with Crippen molar-refractivity contribution in [1.29, 1.82) is 0 Å². The monoisotopic (exact) mass is 358 g/mol. The van der Waals surface area contributed by atoms with Crippen LogP contribution < -0.4 is 15.5 Å². The smallest absolute Gasteiger partial charge is 0.319 e. The standard InChI is InChI=1S/C20H30N4O2/c1-23(2)20(12-6-3-7-13-20)15-21-19(26)22-16-9-4-5-10-17(16)24-14-8-11-18(24)25/h4-5,9-10H,3,6-8,11-15H2,1-2H3,(H2,21,22,26). The van der Waals surface area contributed by atoms with Crippen molar-refractivity contribution in [2.45, 2.75) is 50.5 Å². The Morgan fingerprint density at radius 1 is 1.15 bits per heavy atom. The maximum Gasteiger partial charge on any atom is 0.319 e. The van der Waals surface area contributed by atoms with E-state index in [1.165, 1.54) is 19.3 Å². The van der Waals surface area contributed by atoms with E-state index in [1.54, 1.807) is 4.90 Å². The van der Waals surface area contributed by atoms with Crippen LogP contribution in [0, 0.1) is 0 Å². The number of nitrogens with zero attached hydrogens (tertiary/aromatic N) is 2. The number of carbonyl (C=O) groups is 2. The zero-order valence-corrected chi connectivity index (χ0v) is 15.9. The molecule has 1 saturated carbocycles. The van der Waals surface area contributed by atoms with Gasteiger partial charge in [-0.1, -0.05) is 31.4 Å². The number of carbonyl (C=O) groups excluding carboxylic acids is 2. The van der Waals surface area contributed by atoms with Crippen LogP contribution in [0.2, 0.25) is 0 Å². The number of anilines is 2. The summed E-state index contributed by atoms with van der Waals surface area (Å²) in [6.07, 6.45) is 7.36. The van der Waals surface area contributed by atoms with Crippen molar-refractivity contribution in [2.75, 3.05) is 37.4 Å². The third-order valence-electron chi connectivity index (χ3n) is 5.83. The van der Waals surface area contributed by atoms with Crippen molar-refractivity contribution in [3.8, 4) is 0 Å². The summed E-state index contributed by atoms with van der Waals surface area (Å²) in [5, 5.41) is 6.00. The second-order valence-corrected chi connectivity index (χ2v) is 7.65. The van der Waals surface area contributed by atoms with Crippen LogP contribution in [0.15, 0.2) is 24.3 Å². The van der Waals surface area contributed by atoms with Crippen LogP contribution in [0.3, 0.4) is 0 Å². The van der Waals surface area contributed by atoms with E-state index in [-0.39, 0.29) is 17.5 Å². The molecule has 3 rings (SSSR count). The topological polar surface area (TPSA) is 64.7 Å². The van der Waals surface area contributed by atoms with Gasteiger partial charge in [-0.3, -0.25) is 4.79 Å². The van der Waals surface area contributed by atoms with E-state index in [0.29, 0.717) is 25.2 Å². The molecule has 6 nitrogen and oxygen atoms in total. The third-order valence-corrected chi connectivity index (χ3v) is 5.83. The number of benzene rings is 1. The quantitative estimate of drug-likeness (QED) is 0.849. The lowest BCUT2D eigenvalue weighted by Crippen LogP contribution is -2.54. The highest BCUT2D eigenvalue weighted by atomic mass is 16.2. The minimum atomic E-state index is -0.212. The van der Waals surface area contributed by atoms with Crippen LogP contribution in [0.4, 0.5) is 16.2 Å². The third kappa shape index (κ3) is 4.01. The lowest BCUT2D eigenvalue weighted by molar-refractivity contribution is -0.117. The first-order chi connectivity index (χ1) is 12.5. The fraction of sp³-hybridized carbons (Fsp3) is 0.600. The normalized spacial score (nSPS) is 19.7. The molecule has 1 aromatic carbocycles. The lowest BCUT2D eigenvalue weighted by atomic mass is 9.80. The number of likely N-dealkylation sites (N-methyl/N-ethyl adjacent to an activating group) is 1. The summed E-state index contributed by atoms with van der Waals surface area (Å²) in [5.41, 5.74) is 1.51. The van der Waals surface area contributed by atoms with E-state index in [1.807, 2.05) is 24.3 Å². The summed E-state index contributed by atoms with van der Waals surface area (Å²) >= 11 is 0. The predicted octanol–water partition coefficient (Wildman–Crippen LogP) is 3.20. The summed E-state index contributed by atoms with van der Waals surface area (Å²) in [6, 6.07) is 7.30. The van der Waals surface area contributed by atoms with Crippen molar-refractivity contribution in [2.24, 2.45) is 0 Å². The Balaban J connectivity index is 1.64. The molecule has 26 heavy (non-hydrogen) atoms. The molecule has 0 bridgehead atoms. The number of para-hydroxylation sites is 2. The second kappa shape index (κ2) is 8.08. The van der Waals surface area contributed by atoms with E-state index >= 15 is 0 Å². The number of hydrogen-bond donors (Lipinski definition) is 2. The molecule has 1 aliphatic carbocycles. The Bertz CT molecular complexity index is 653. The SMILES string of the molecule is CN(C)C1(CNC(=O)Nc2ccccc2N2CCCC2=O)CCCCC1. The van der Waals surface area contributed by atoms with E-state index in [9.17, 15) is 9.59 Å². The summed E-state index contributed by atoms with van der Waals surface area (Å²) in [4.78, 5) is 28.6. The van der Waals surface area contributed by atoms with E-state index < -0.39 is 0 Å². The van der Waals surface area contributed by atoms with Crippen LogP contribution in [-0.4, -0.2) is 49.6 Å². The maximum atomic E-state index is 12.5. The fourth-order valence-electron chi connectivity index (χ4n) is 4.12. The second-order valence-electron chi connectivity index (χ2n) is 7.65. The van der Waals surface area contributed by atoms with Gasteiger partial charge in [-0.25, -0.2) is 4.79 Å². The van der Waals surface area contributed by atoms with Gasteiger partial charge in [0, 0.05) is 25.0 Å². The average molecular weight is 358 g/mol. The molecular weight excluding hydrogens is 328 g/mol. The first-order valence-corrected chi connectivity index (χ1v) is 9.63. The van der Waals surface area contributed by atoms with Crippen molar-refractivity contribution in [1.82, 2.24) is 10.2 Å². The highest BCUT2D eigenvalue weighted by Gasteiger charge is 2.34. The number of nitrogens with one attached hydrogen (secondary N) is 2. The van der Waals surface area contributed by atoms with Gasteiger partial charge in [0.15, 0.2) is 0 Å². The van der Waals surface area contributed by atoms with Gasteiger partial charge < -0.3 is 20.4 Å². The molecular formula is C20H30N4O2. The molecule has 0 unspecified atom stereocenters. The Hall–Kier alpha value is -2.08. The van der Waals surface area contributed by atoms with Gasteiger partial charge in [0.1, 0.15) is 0 Å². The van der Waals surface area contributed by atoms with Gasteiger partial charge in [0.05, 0.1) is 11.4 Å². The molecule has 2 fully saturated rings. The van der Waals surface area contributed by atoms with Gasteiger partial charge in [0.25, 0.3) is 0 Å². The number of amides is 3. The Kier molecular flexibility index (Phi) is 5.81. The van der Waals surface area contributed by atoms with Gasteiger partial charge in [-0.2, -0.15) is 0 Å². The molecule has 6 heteroatoms. The van der Waals surface area contributed by atoms with E-state index in [0.717, 1.165) is 24.9 Å². The average Bonchev–Trinajstić information content (AvgIpc) is 3.07. The molecule has 1 aliphatic heterocycles. The molecule has 142 valence electrons. The Morgan fingerprint density at radius 2 is 1.88 bits per heavy atom. The Morgan fingerprint density at radius 3 is 2.54 bits per heavy atom. The molecule has 1 aromatic rings. The molecule has 0 aromatic heterocycles. The van der Waals surface area contributed by atoms with Gasteiger partial charge in [-0.15, -0.1) is 0 Å². The van der Waals surface area contributed by atoms with Crippen molar-refractivity contribution in [3.05, 3.63) is 24.3 Å². The minimum absolute atomic E-state index is 0.0417. The van der Waals surface area contributed by atoms with Gasteiger partial charge in [-0.05, 0) is 45.5 Å². The summed E-state index contributed by atoms with van der Waals surface area (Å²) in [7, 11) is 4.19. The first-order valence-electron chi connectivity index (χ1n) is 9.63. The minimum Gasteiger partial charge on any atom is -0.336 e. The Labute approximate surface area is 155 Å². The highest BCUT2D eigenvalue weighted by molar-refractivity contribution is 6.01. The van der Waals surface area contributed by atoms with Crippen LogP contribution in [0.1, 0.15) is 44.9 Å². The molecule has 3 amide bonds. The molecule has 2 N–H and O–H groups in total. The molecule has 0 atom stereocenters. The van der Waals surface area contributed by atoms with Crippen LogP contribution in [0.25, 0.3) is 0 Å². The van der Waals surface area contributed by atoms with Gasteiger partial charge >= 0.3 is 6.03 Å². The fourth-order valence-corrected chi connectivity index (χ4v) is 4.12. The number of urea groups is 1. The van der Waals surface area contributed by atoms with E-state index in [2.05, 4.69) is 29.6 Å². The molecule has 1 saturated heterocycles.